The van der Waals surface area contributed by atoms with Gasteiger partial charge in [-0.15, -0.1) is 0 Å². The number of sulfone groups is 1. The predicted molar refractivity (Wildman–Crippen MR) is 97.5 cm³/mol. The number of aryl methyl sites for hydroxylation is 1. The number of nitrogens with zero attached hydrogens (tertiary/aromatic N) is 3. The Morgan fingerprint density at radius 2 is 1.92 bits per heavy atom. The molecule has 8 heteroatoms. The standard InChI is InChI=1S/C18H22N4O3S/c1-21-11-15(10-19-21)17-12-26(24,25)7-6-22(17)18(23)20-16-8-13-4-2-3-5-14(13)9-16/h2-5,10-11,16-17H,6-9,12H2,1H3,(H,20,23)/t17-/m0/s1. The molecule has 2 amide bonds. The van der Waals surface area contributed by atoms with Crippen molar-refractivity contribution in [2.24, 2.45) is 7.05 Å². The van der Waals surface area contributed by atoms with Crippen LogP contribution in [0.15, 0.2) is 36.7 Å². The van der Waals surface area contributed by atoms with Gasteiger partial charge in [-0.3, -0.25) is 4.68 Å². The molecule has 1 fully saturated rings. The number of hydrogen-bond donors (Lipinski definition) is 1. The Morgan fingerprint density at radius 3 is 2.54 bits per heavy atom. The van der Waals surface area contributed by atoms with Crippen molar-refractivity contribution in [2.45, 2.75) is 24.9 Å². The minimum absolute atomic E-state index is 0.00206. The van der Waals surface area contributed by atoms with E-state index in [1.54, 1.807) is 29.0 Å². The van der Waals surface area contributed by atoms with E-state index in [4.69, 9.17) is 0 Å². The zero-order chi connectivity index (χ0) is 18.3. The molecule has 2 heterocycles. The van der Waals surface area contributed by atoms with Gasteiger partial charge in [0.05, 0.1) is 23.7 Å². The van der Waals surface area contributed by atoms with Crippen LogP contribution in [0, 0.1) is 0 Å². The highest BCUT2D eigenvalue weighted by atomic mass is 32.2. The van der Waals surface area contributed by atoms with E-state index in [2.05, 4.69) is 22.5 Å². The highest BCUT2D eigenvalue weighted by Gasteiger charge is 2.37. The fraction of sp³-hybridized carbons (Fsp3) is 0.444. The highest BCUT2D eigenvalue weighted by molar-refractivity contribution is 7.91. The van der Waals surface area contributed by atoms with Crippen LogP contribution < -0.4 is 5.32 Å². The molecule has 1 aliphatic carbocycles. The van der Waals surface area contributed by atoms with Gasteiger partial charge in [0, 0.05) is 31.4 Å². The molecule has 2 aromatic rings. The quantitative estimate of drug-likeness (QED) is 0.852. The van der Waals surface area contributed by atoms with Crippen molar-refractivity contribution in [1.29, 1.82) is 0 Å². The third-order valence-electron chi connectivity index (χ3n) is 5.18. The minimum Gasteiger partial charge on any atom is -0.335 e. The van der Waals surface area contributed by atoms with Crippen LogP contribution in [0.4, 0.5) is 4.79 Å². The van der Waals surface area contributed by atoms with Gasteiger partial charge in [-0.1, -0.05) is 24.3 Å². The number of urea groups is 1. The number of benzene rings is 1. The van der Waals surface area contributed by atoms with Gasteiger partial charge in [-0.25, -0.2) is 13.2 Å². The van der Waals surface area contributed by atoms with Crippen molar-refractivity contribution in [1.82, 2.24) is 20.0 Å². The summed E-state index contributed by atoms with van der Waals surface area (Å²) in [7, 11) is -1.39. The number of carbonyl (C=O) groups is 1. The first-order chi connectivity index (χ1) is 12.4. The van der Waals surface area contributed by atoms with Crippen LogP contribution in [0.5, 0.6) is 0 Å². The molecule has 7 nitrogen and oxygen atoms in total. The second-order valence-corrected chi connectivity index (χ2v) is 9.32. The summed E-state index contributed by atoms with van der Waals surface area (Å²) >= 11 is 0. The summed E-state index contributed by atoms with van der Waals surface area (Å²) < 4.78 is 25.9. The van der Waals surface area contributed by atoms with E-state index < -0.39 is 15.9 Å². The van der Waals surface area contributed by atoms with Gasteiger partial charge in [-0.2, -0.15) is 5.10 Å². The normalized spacial score (nSPS) is 22.2. The summed E-state index contributed by atoms with van der Waals surface area (Å²) in [6.07, 6.45) is 5.03. The number of nitrogens with one attached hydrogen (secondary N) is 1. The van der Waals surface area contributed by atoms with E-state index in [9.17, 15) is 13.2 Å². The lowest BCUT2D eigenvalue weighted by atomic mass is 10.1. The molecule has 0 saturated carbocycles. The SMILES string of the molecule is Cn1cc([C@@H]2CS(=O)(=O)CCN2C(=O)NC2Cc3ccccc3C2)cn1. The lowest BCUT2D eigenvalue weighted by Gasteiger charge is -2.35. The smallest absolute Gasteiger partial charge is 0.318 e. The molecule has 0 bridgehead atoms. The highest BCUT2D eigenvalue weighted by Crippen LogP contribution is 2.27. The van der Waals surface area contributed by atoms with Crippen LogP contribution in [-0.4, -0.2) is 53.2 Å². The summed E-state index contributed by atoms with van der Waals surface area (Å²) in [5.74, 6) is -0.0565. The van der Waals surface area contributed by atoms with E-state index in [1.807, 2.05) is 12.1 Å². The van der Waals surface area contributed by atoms with Crippen molar-refractivity contribution in [3.8, 4) is 0 Å². The Balaban J connectivity index is 1.50. The molecule has 26 heavy (non-hydrogen) atoms. The van der Waals surface area contributed by atoms with Crippen LogP contribution >= 0.6 is 0 Å². The van der Waals surface area contributed by atoms with Gasteiger partial charge in [0.15, 0.2) is 9.84 Å². The van der Waals surface area contributed by atoms with E-state index >= 15 is 0 Å². The van der Waals surface area contributed by atoms with Gasteiger partial charge in [0.25, 0.3) is 0 Å². The zero-order valence-electron chi connectivity index (χ0n) is 14.6. The third kappa shape index (κ3) is 3.33. The topological polar surface area (TPSA) is 84.3 Å². The van der Waals surface area contributed by atoms with Crippen molar-refractivity contribution in [3.05, 3.63) is 53.3 Å². The van der Waals surface area contributed by atoms with Gasteiger partial charge >= 0.3 is 6.03 Å². The van der Waals surface area contributed by atoms with Crippen LogP contribution in [0.2, 0.25) is 0 Å². The molecular formula is C18H22N4O3S. The lowest BCUT2D eigenvalue weighted by molar-refractivity contribution is 0.177. The number of fused-ring (bicyclic) bond motifs is 1. The van der Waals surface area contributed by atoms with Crippen LogP contribution in [0.1, 0.15) is 22.7 Å². The summed E-state index contributed by atoms with van der Waals surface area (Å²) in [6.45, 7) is 0.202. The van der Waals surface area contributed by atoms with Crippen LogP contribution in [0.3, 0.4) is 0 Å². The Hall–Kier alpha value is -2.35. The molecule has 4 rings (SSSR count). The molecule has 0 spiro atoms. The third-order valence-corrected chi connectivity index (χ3v) is 6.81. The van der Waals surface area contributed by atoms with Crippen LogP contribution in [0.25, 0.3) is 0 Å². The summed E-state index contributed by atoms with van der Waals surface area (Å²) in [4.78, 5) is 14.5. The summed E-state index contributed by atoms with van der Waals surface area (Å²) in [5, 5.41) is 7.22. The van der Waals surface area contributed by atoms with E-state index in [0.717, 1.165) is 18.4 Å². The van der Waals surface area contributed by atoms with E-state index in [1.165, 1.54) is 11.1 Å². The number of hydrogen-bond acceptors (Lipinski definition) is 4. The average molecular weight is 374 g/mol. The van der Waals surface area contributed by atoms with Crippen molar-refractivity contribution >= 4 is 15.9 Å². The second-order valence-electron chi connectivity index (χ2n) is 7.09. The fourth-order valence-electron chi connectivity index (χ4n) is 3.86. The molecule has 1 aromatic heterocycles. The van der Waals surface area contributed by atoms with Gasteiger partial charge in [0.1, 0.15) is 0 Å². The summed E-state index contributed by atoms with van der Waals surface area (Å²) in [5.41, 5.74) is 3.28. The molecule has 1 aliphatic heterocycles. The predicted octanol–water partition coefficient (Wildman–Crippen LogP) is 1.07. The van der Waals surface area contributed by atoms with Gasteiger partial charge < -0.3 is 10.2 Å². The number of amides is 2. The molecule has 138 valence electrons. The Kier molecular flexibility index (Phi) is 4.22. The van der Waals surface area contributed by atoms with Crippen molar-refractivity contribution in [2.75, 3.05) is 18.1 Å². The minimum atomic E-state index is -3.17. The van der Waals surface area contributed by atoms with E-state index in [0.29, 0.717) is 0 Å². The Bertz CT molecular complexity index is 912. The second kappa shape index (κ2) is 6.42. The maximum atomic E-state index is 12.9. The maximum Gasteiger partial charge on any atom is 0.318 e. The molecule has 1 aromatic carbocycles. The number of carbonyl (C=O) groups excluding carboxylic acids is 1. The van der Waals surface area contributed by atoms with Gasteiger partial charge in [-0.05, 0) is 24.0 Å². The monoisotopic (exact) mass is 374 g/mol. The summed E-state index contributed by atoms with van der Waals surface area (Å²) in [6, 6.07) is 7.56. The first-order valence-electron chi connectivity index (χ1n) is 8.74. The molecule has 1 atom stereocenters. The maximum absolute atomic E-state index is 12.9. The molecule has 1 N–H and O–H groups in total. The fourth-order valence-corrected chi connectivity index (χ4v) is 5.35. The largest absolute Gasteiger partial charge is 0.335 e. The Morgan fingerprint density at radius 1 is 1.23 bits per heavy atom. The molecule has 0 unspecified atom stereocenters. The number of aromatic nitrogens is 2. The molecule has 0 radical (unpaired) electrons. The van der Waals surface area contributed by atoms with Crippen LogP contribution in [-0.2, 0) is 29.7 Å². The number of rotatable bonds is 2. The molecular weight excluding hydrogens is 352 g/mol. The lowest BCUT2D eigenvalue weighted by Crippen LogP contribution is -2.52. The first-order valence-corrected chi connectivity index (χ1v) is 10.6. The molecule has 1 saturated heterocycles. The van der Waals surface area contributed by atoms with Crippen molar-refractivity contribution in [3.63, 3.8) is 0 Å². The Labute approximate surface area is 152 Å². The first kappa shape index (κ1) is 17.1. The van der Waals surface area contributed by atoms with Gasteiger partial charge in [0.2, 0.25) is 0 Å². The van der Waals surface area contributed by atoms with Crippen molar-refractivity contribution < 1.29 is 13.2 Å². The average Bonchev–Trinajstić information content (AvgIpc) is 3.19. The van der Waals surface area contributed by atoms with E-state index in [-0.39, 0.29) is 30.1 Å². The molecule has 2 aliphatic rings. The zero-order valence-corrected chi connectivity index (χ0v) is 15.4.